The minimum atomic E-state index is -0.331. The summed E-state index contributed by atoms with van der Waals surface area (Å²) in [7, 11) is 0. The lowest BCUT2D eigenvalue weighted by molar-refractivity contribution is 0.116. The van der Waals surface area contributed by atoms with E-state index in [9.17, 15) is 0 Å². The van der Waals surface area contributed by atoms with Gasteiger partial charge < -0.3 is 5.73 Å². The first-order valence-electron chi connectivity index (χ1n) is 6.81. The Hall–Kier alpha value is -0.570. The van der Waals surface area contributed by atoms with Crippen LogP contribution in [-0.4, -0.2) is 24.0 Å². The first kappa shape index (κ1) is 13.9. The van der Waals surface area contributed by atoms with Gasteiger partial charge in [0.15, 0.2) is 0 Å². The average molecular weight is 267 g/mol. The lowest BCUT2D eigenvalue weighted by Crippen LogP contribution is -2.54. The molecule has 1 heterocycles. The van der Waals surface area contributed by atoms with Crippen molar-refractivity contribution in [1.82, 2.24) is 4.90 Å². The third-order valence-corrected chi connectivity index (χ3v) is 4.52. The third-order valence-electron chi connectivity index (χ3n) is 4.27. The minimum absolute atomic E-state index is 0.331. The van der Waals surface area contributed by atoms with Crippen LogP contribution in [0.5, 0.6) is 0 Å². The van der Waals surface area contributed by atoms with E-state index in [1.807, 2.05) is 24.3 Å². The molecule has 0 aromatic heterocycles. The van der Waals surface area contributed by atoms with Gasteiger partial charge in [-0.1, -0.05) is 30.2 Å². The summed E-state index contributed by atoms with van der Waals surface area (Å²) in [6.07, 6.45) is 3.94. The van der Waals surface area contributed by atoms with Gasteiger partial charge >= 0.3 is 0 Å². The Morgan fingerprint density at radius 3 is 2.28 bits per heavy atom. The van der Waals surface area contributed by atoms with Crippen LogP contribution in [0.2, 0.25) is 5.02 Å². The van der Waals surface area contributed by atoms with E-state index in [1.54, 1.807) is 0 Å². The normalized spacial score (nSPS) is 22.4. The number of hydrogen-bond donors (Lipinski definition) is 1. The maximum atomic E-state index is 6.58. The van der Waals surface area contributed by atoms with E-state index in [2.05, 4.69) is 18.7 Å². The fourth-order valence-electron chi connectivity index (χ4n) is 2.74. The number of piperidine rings is 1. The molecule has 0 saturated carbocycles. The van der Waals surface area contributed by atoms with Crippen molar-refractivity contribution in [3.63, 3.8) is 0 Å². The predicted octanol–water partition coefficient (Wildman–Crippen LogP) is 3.39. The summed E-state index contributed by atoms with van der Waals surface area (Å²) in [6, 6.07) is 8.28. The third kappa shape index (κ3) is 2.87. The first-order chi connectivity index (χ1) is 8.51. The molecule has 0 radical (unpaired) electrons. The molecule has 0 spiro atoms. The topological polar surface area (TPSA) is 29.3 Å². The van der Waals surface area contributed by atoms with Crippen LogP contribution >= 0.6 is 11.6 Å². The molecule has 2 unspecified atom stereocenters. The maximum absolute atomic E-state index is 6.58. The Morgan fingerprint density at radius 1 is 1.17 bits per heavy atom. The summed E-state index contributed by atoms with van der Waals surface area (Å²) in [5, 5.41) is 0.764. The van der Waals surface area contributed by atoms with Crippen molar-refractivity contribution in [2.45, 2.75) is 44.7 Å². The summed E-state index contributed by atoms with van der Waals surface area (Å²) in [5.41, 5.74) is 7.40. The van der Waals surface area contributed by atoms with Crippen LogP contribution in [0.1, 0.15) is 38.7 Å². The standard InChI is InChI=1S/C15H23ClN2/c1-12(18-10-4-3-5-11-18)15(2,17)13-6-8-14(16)9-7-13/h6-9,12H,3-5,10-11,17H2,1-2H3. The van der Waals surface area contributed by atoms with Crippen LogP contribution in [0.3, 0.4) is 0 Å². The van der Waals surface area contributed by atoms with Crippen molar-refractivity contribution in [2.24, 2.45) is 5.73 Å². The van der Waals surface area contributed by atoms with Crippen molar-refractivity contribution in [2.75, 3.05) is 13.1 Å². The molecule has 0 aliphatic carbocycles. The van der Waals surface area contributed by atoms with Crippen LogP contribution in [0.4, 0.5) is 0 Å². The monoisotopic (exact) mass is 266 g/mol. The SMILES string of the molecule is CC(N1CCCCC1)C(C)(N)c1ccc(Cl)cc1. The van der Waals surface area contributed by atoms with Gasteiger partial charge in [0.05, 0.1) is 5.54 Å². The van der Waals surface area contributed by atoms with Gasteiger partial charge in [-0.25, -0.2) is 0 Å². The Labute approximate surface area is 115 Å². The molecular weight excluding hydrogens is 244 g/mol. The Kier molecular flexibility index (Phi) is 4.31. The molecular formula is C15H23ClN2. The number of rotatable bonds is 3. The van der Waals surface area contributed by atoms with E-state index in [1.165, 1.54) is 32.4 Å². The Balaban J connectivity index is 2.15. The summed E-state index contributed by atoms with van der Waals surface area (Å²) in [5.74, 6) is 0. The second kappa shape index (κ2) is 5.60. The zero-order valence-corrected chi connectivity index (χ0v) is 12.1. The first-order valence-corrected chi connectivity index (χ1v) is 7.18. The number of hydrogen-bond acceptors (Lipinski definition) is 2. The second-order valence-corrected chi connectivity index (χ2v) is 6.00. The molecule has 0 bridgehead atoms. The highest BCUT2D eigenvalue weighted by Crippen LogP contribution is 2.28. The molecule has 1 fully saturated rings. The highest BCUT2D eigenvalue weighted by molar-refractivity contribution is 6.30. The van der Waals surface area contributed by atoms with Crippen LogP contribution in [0, 0.1) is 0 Å². The molecule has 1 aliphatic rings. The van der Waals surface area contributed by atoms with Crippen molar-refractivity contribution < 1.29 is 0 Å². The van der Waals surface area contributed by atoms with Gasteiger partial charge in [-0.15, -0.1) is 0 Å². The lowest BCUT2D eigenvalue weighted by Gasteiger charge is -2.42. The molecule has 0 amide bonds. The van der Waals surface area contributed by atoms with E-state index in [0.717, 1.165) is 10.6 Å². The molecule has 2 atom stereocenters. The van der Waals surface area contributed by atoms with Gasteiger partial charge in [0.25, 0.3) is 0 Å². The number of nitrogens with two attached hydrogens (primary N) is 1. The fourth-order valence-corrected chi connectivity index (χ4v) is 2.86. The highest BCUT2D eigenvalue weighted by atomic mass is 35.5. The molecule has 1 aliphatic heterocycles. The fraction of sp³-hybridized carbons (Fsp3) is 0.600. The van der Waals surface area contributed by atoms with Crippen molar-refractivity contribution in [3.05, 3.63) is 34.9 Å². The highest BCUT2D eigenvalue weighted by Gasteiger charge is 2.33. The van der Waals surface area contributed by atoms with Crippen LogP contribution < -0.4 is 5.73 Å². The van der Waals surface area contributed by atoms with Gasteiger partial charge in [-0.05, 0) is 57.5 Å². The minimum Gasteiger partial charge on any atom is -0.320 e. The number of halogens is 1. The summed E-state index contributed by atoms with van der Waals surface area (Å²) >= 11 is 5.94. The predicted molar refractivity (Wildman–Crippen MR) is 77.9 cm³/mol. The molecule has 100 valence electrons. The summed E-state index contributed by atoms with van der Waals surface area (Å²) < 4.78 is 0. The van der Waals surface area contributed by atoms with Crippen molar-refractivity contribution >= 4 is 11.6 Å². The van der Waals surface area contributed by atoms with Gasteiger partial charge in [-0.3, -0.25) is 4.90 Å². The maximum Gasteiger partial charge on any atom is 0.0536 e. The van der Waals surface area contributed by atoms with Crippen molar-refractivity contribution in [3.8, 4) is 0 Å². The van der Waals surface area contributed by atoms with Gasteiger partial charge in [0, 0.05) is 11.1 Å². The largest absolute Gasteiger partial charge is 0.320 e. The lowest BCUT2D eigenvalue weighted by atomic mass is 9.85. The molecule has 2 nitrogen and oxygen atoms in total. The van der Waals surface area contributed by atoms with Gasteiger partial charge in [-0.2, -0.15) is 0 Å². The zero-order chi connectivity index (χ0) is 13.2. The Morgan fingerprint density at radius 2 is 1.72 bits per heavy atom. The molecule has 1 saturated heterocycles. The number of nitrogens with zero attached hydrogens (tertiary/aromatic N) is 1. The zero-order valence-electron chi connectivity index (χ0n) is 11.3. The molecule has 1 aromatic rings. The quantitative estimate of drug-likeness (QED) is 0.909. The molecule has 18 heavy (non-hydrogen) atoms. The smallest absolute Gasteiger partial charge is 0.0536 e. The van der Waals surface area contributed by atoms with Gasteiger partial charge in [0.2, 0.25) is 0 Å². The number of likely N-dealkylation sites (tertiary alicyclic amines) is 1. The van der Waals surface area contributed by atoms with E-state index >= 15 is 0 Å². The second-order valence-electron chi connectivity index (χ2n) is 5.56. The van der Waals surface area contributed by atoms with Crippen LogP contribution in [-0.2, 0) is 5.54 Å². The Bertz CT molecular complexity index is 380. The average Bonchev–Trinajstić information content (AvgIpc) is 2.39. The van der Waals surface area contributed by atoms with E-state index in [0.29, 0.717) is 6.04 Å². The molecule has 3 heteroatoms. The summed E-state index contributed by atoms with van der Waals surface area (Å²) in [4.78, 5) is 2.51. The molecule has 2 rings (SSSR count). The molecule has 1 aromatic carbocycles. The van der Waals surface area contributed by atoms with Crippen LogP contribution in [0.15, 0.2) is 24.3 Å². The van der Waals surface area contributed by atoms with E-state index < -0.39 is 0 Å². The van der Waals surface area contributed by atoms with E-state index in [4.69, 9.17) is 17.3 Å². The number of benzene rings is 1. The van der Waals surface area contributed by atoms with Gasteiger partial charge in [0.1, 0.15) is 0 Å². The summed E-state index contributed by atoms with van der Waals surface area (Å²) in [6.45, 7) is 6.69. The van der Waals surface area contributed by atoms with Crippen LogP contribution in [0.25, 0.3) is 0 Å². The van der Waals surface area contributed by atoms with E-state index in [-0.39, 0.29) is 5.54 Å². The molecule has 2 N–H and O–H groups in total. The van der Waals surface area contributed by atoms with Crippen molar-refractivity contribution in [1.29, 1.82) is 0 Å².